The molecule has 0 radical (unpaired) electrons. The highest BCUT2D eigenvalue weighted by atomic mass is 35.5. The van der Waals surface area contributed by atoms with Gasteiger partial charge >= 0.3 is 11.9 Å². The zero-order valence-electron chi connectivity index (χ0n) is 32.7. The van der Waals surface area contributed by atoms with Crippen molar-refractivity contribution in [2.45, 2.75) is 49.9 Å². The van der Waals surface area contributed by atoms with Gasteiger partial charge in [-0.05, 0) is 96.5 Å². The Morgan fingerprint density at radius 3 is 1.52 bits per heavy atom. The number of rotatable bonds is 9. The van der Waals surface area contributed by atoms with Crippen molar-refractivity contribution in [1.82, 2.24) is 19.8 Å². The molecule has 2 aliphatic rings. The van der Waals surface area contributed by atoms with Crippen molar-refractivity contribution in [2.75, 3.05) is 7.11 Å². The van der Waals surface area contributed by atoms with Crippen LogP contribution < -0.4 is 4.74 Å². The van der Waals surface area contributed by atoms with E-state index in [0.717, 1.165) is 28.5 Å². The number of aromatic nitrogens is 2. The van der Waals surface area contributed by atoms with E-state index in [1.165, 1.54) is 16.0 Å². The lowest BCUT2D eigenvalue weighted by Gasteiger charge is -2.29. The standard InChI is InChI=1S/C24H21ClN2O4.C23H18ClFN2O3/c1-31-22-13-10-17(14-26-22)15-6-8-16(9-7-15)23(28)27-20(11-12-21(27)24(29)30)18-4-2-3-5-19(18)25;24-18-4-2-1-3-17(18)20-9-10-21(23(29)30)27(20)22(28)15-7-5-14(6-8-15)16-11-12-26-13-19(16)25/h2-10,13-14,20-21H,11-12H2,1H3,(H,29,30);1-8,11-13,20-21H,9-10H2,(H,29,30)/t2*20-,21+/m11/s1. The van der Waals surface area contributed by atoms with Gasteiger partial charge in [-0.3, -0.25) is 14.6 Å². The monoisotopic (exact) mass is 860 g/mol. The Kier molecular flexibility index (Phi) is 13.1. The molecular formula is C47H39Cl2FN4O7. The first-order chi connectivity index (χ1) is 29.5. The van der Waals surface area contributed by atoms with Gasteiger partial charge in [0, 0.05) is 50.8 Å². The molecule has 2 aromatic heterocycles. The summed E-state index contributed by atoms with van der Waals surface area (Å²) < 4.78 is 19.1. The van der Waals surface area contributed by atoms with E-state index in [1.54, 1.807) is 80.0 Å². The number of nitrogens with zero attached hydrogens (tertiary/aromatic N) is 4. The van der Waals surface area contributed by atoms with Gasteiger partial charge in [-0.15, -0.1) is 0 Å². The van der Waals surface area contributed by atoms with Crippen LogP contribution in [0.15, 0.2) is 134 Å². The number of carbonyl (C=O) groups is 4. The number of halogens is 3. The van der Waals surface area contributed by atoms with Crippen LogP contribution in [0.25, 0.3) is 22.3 Å². The fraction of sp³-hybridized carbons (Fsp3) is 0.191. The Hall–Kier alpha value is -6.63. The largest absolute Gasteiger partial charge is 0.481 e. The fourth-order valence-corrected chi connectivity index (χ4v) is 8.47. The summed E-state index contributed by atoms with van der Waals surface area (Å²) in [6.07, 6.45) is 6.10. The van der Waals surface area contributed by atoms with E-state index in [-0.39, 0.29) is 11.9 Å². The van der Waals surface area contributed by atoms with Crippen LogP contribution in [0.3, 0.4) is 0 Å². The SMILES string of the molecule is COc1ccc(-c2ccc(C(=O)N3[C@@H](c4ccccc4Cl)CC[C@H]3C(=O)O)cc2)cn1.O=C(O)[C@@H]1CC[C@H](c2ccccc2Cl)N1C(=O)c1ccc(-c2ccncc2F)cc1. The number of amides is 2. The number of pyridine rings is 2. The number of carboxylic acids is 2. The molecule has 0 aliphatic carbocycles. The number of ether oxygens (including phenoxy) is 1. The lowest BCUT2D eigenvalue weighted by atomic mass is 10.0. The molecule has 0 unspecified atom stereocenters. The van der Waals surface area contributed by atoms with Crippen LogP contribution >= 0.6 is 23.2 Å². The molecular weight excluding hydrogens is 822 g/mol. The minimum atomic E-state index is -1.05. The third-order valence-electron chi connectivity index (χ3n) is 11.0. The van der Waals surface area contributed by atoms with Gasteiger partial charge in [-0.2, -0.15) is 0 Å². The topological polar surface area (TPSA) is 150 Å². The molecule has 2 aliphatic heterocycles. The van der Waals surface area contributed by atoms with Gasteiger partial charge in [-0.25, -0.2) is 19.0 Å². The van der Waals surface area contributed by atoms with E-state index in [4.69, 9.17) is 27.9 Å². The number of methoxy groups -OCH3 is 1. The average molecular weight is 862 g/mol. The molecule has 2 saturated heterocycles. The number of carbonyl (C=O) groups excluding carboxylic acids is 2. The van der Waals surface area contributed by atoms with Gasteiger partial charge in [0.1, 0.15) is 17.9 Å². The van der Waals surface area contributed by atoms with Crippen LogP contribution in [0.5, 0.6) is 5.88 Å². The quantitative estimate of drug-likeness (QED) is 0.145. The molecule has 11 nitrogen and oxygen atoms in total. The van der Waals surface area contributed by atoms with Crippen LogP contribution in [0, 0.1) is 5.82 Å². The summed E-state index contributed by atoms with van der Waals surface area (Å²) in [4.78, 5) is 61.1. The van der Waals surface area contributed by atoms with Gasteiger partial charge in [-0.1, -0.05) is 83.9 Å². The van der Waals surface area contributed by atoms with Gasteiger partial charge in [0.2, 0.25) is 5.88 Å². The van der Waals surface area contributed by atoms with Crippen LogP contribution in [-0.4, -0.2) is 72.9 Å². The van der Waals surface area contributed by atoms with Crippen LogP contribution in [-0.2, 0) is 9.59 Å². The van der Waals surface area contributed by atoms with Crippen LogP contribution in [0.4, 0.5) is 4.39 Å². The van der Waals surface area contributed by atoms with Crippen molar-refractivity contribution in [3.63, 3.8) is 0 Å². The molecule has 2 fully saturated rings. The molecule has 61 heavy (non-hydrogen) atoms. The lowest BCUT2D eigenvalue weighted by Crippen LogP contribution is -2.41. The molecule has 0 bridgehead atoms. The van der Waals surface area contributed by atoms with Gasteiger partial charge in [0.15, 0.2) is 0 Å². The van der Waals surface area contributed by atoms with E-state index in [1.807, 2.05) is 48.5 Å². The van der Waals surface area contributed by atoms with E-state index >= 15 is 0 Å². The summed E-state index contributed by atoms with van der Waals surface area (Å²) in [5, 5.41) is 20.4. The second-order valence-corrected chi connectivity index (χ2v) is 15.3. The van der Waals surface area contributed by atoms with Crippen LogP contribution in [0.1, 0.15) is 69.6 Å². The second-order valence-electron chi connectivity index (χ2n) is 14.5. The maximum absolute atomic E-state index is 14.0. The summed E-state index contributed by atoms with van der Waals surface area (Å²) in [5.41, 5.74) is 5.01. The number of benzene rings is 4. The first-order valence-electron chi connectivity index (χ1n) is 19.4. The maximum Gasteiger partial charge on any atom is 0.326 e. The first-order valence-corrected chi connectivity index (χ1v) is 20.1. The van der Waals surface area contributed by atoms with Crippen molar-refractivity contribution < 1.29 is 38.5 Å². The predicted octanol–water partition coefficient (Wildman–Crippen LogP) is 9.81. The van der Waals surface area contributed by atoms with Crippen LogP contribution in [0.2, 0.25) is 10.0 Å². The summed E-state index contributed by atoms with van der Waals surface area (Å²) in [7, 11) is 1.56. The third kappa shape index (κ3) is 9.11. The Morgan fingerprint density at radius 2 is 1.10 bits per heavy atom. The van der Waals surface area contributed by atoms with E-state index in [0.29, 0.717) is 63.9 Å². The Labute approximate surface area is 361 Å². The maximum atomic E-state index is 14.0. The molecule has 0 saturated carbocycles. The Balaban J connectivity index is 0.000000184. The zero-order valence-corrected chi connectivity index (χ0v) is 34.2. The zero-order chi connectivity index (χ0) is 43.2. The molecule has 14 heteroatoms. The number of aliphatic carboxylic acids is 2. The lowest BCUT2D eigenvalue weighted by molar-refractivity contribution is -0.142. The smallest absolute Gasteiger partial charge is 0.326 e. The number of hydrogen-bond donors (Lipinski definition) is 2. The highest BCUT2D eigenvalue weighted by Crippen LogP contribution is 2.42. The predicted molar refractivity (Wildman–Crippen MR) is 228 cm³/mol. The second kappa shape index (κ2) is 18.7. The van der Waals surface area contributed by atoms with E-state index in [2.05, 4.69) is 9.97 Å². The molecule has 2 N–H and O–H groups in total. The van der Waals surface area contributed by atoms with E-state index in [9.17, 15) is 33.8 Å². The molecule has 0 spiro atoms. The minimum absolute atomic E-state index is 0.325. The average Bonchev–Trinajstić information content (AvgIpc) is 3.93. The molecule has 6 aromatic rings. The fourth-order valence-electron chi connectivity index (χ4n) is 7.95. The third-order valence-corrected chi connectivity index (χ3v) is 11.7. The summed E-state index contributed by atoms with van der Waals surface area (Å²) in [6, 6.07) is 30.5. The first kappa shape index (κ1) is 42.5. The van der Waals surface area contributed by atoms with E-state index < -0.39 is 41.8 Å². The Bertz CT molecular complexity index is 2560. The molecule has 8 rings (SSSR count). The van der Waals surface area contributed by atoms with Crippen molar-refractivity contribution in [2.24, 2.45) is 0 Å². The highest BCUT2D eigenvalue weighted by molar-refractivity contribution is 6.31. The summed E-state index contributed by atoms with van der Waals surface area (Å²) in [5.74, 6) is -2.71. The summed E-state index contributed by atoms with van der Waals surface area (Å²) >= 11 is 12.7. The van der Waals surface area contributed by atoms with Gasteiger partial charge in [0.05, 0.1) is 25.4 Å². The van der Waals surface area contributed by atoms with Crippen molar-refractivity contribution >= 4 is 47.0 Å². The van der Waals surface area contributed by atoms with Crippen molar-refractivity contribution in [1.29, 1.82) is 0 Å². The van der Waals surface area contributed by atoms with Crippen molar-refractivity contribution in [3.8, 4) is 28.1 Å². The van der Waals surface area contributed by atoms with Gasteiger partial charge < -0.3 is 24.7 Å². The summed E-state index contributed by atoms with van der Waals surface area (Å²) in [6.45, 7) is 0. The molecule has 4 aromatic carbocycles. The molecule has 310 valence electrons. The van der Waals surface area contributed by atoms with Crippen molar-refractivity contribution in [3.05, 3.63) is 172 Å². The number of hydrogen-bond acceptors (Lipinski definition) is 7. The minimum Gasteiger partial charge on any atom is -0.481 e. The molecule has 4 heterocycles. The Morgan fingerprint density at radius 1 is 0.623 bits per heavy atom. The molecule has 2 amide bonds. The number of carboxylic acid groups (broad SMARTS) is 2. The van der Waals surface area contributed by atoms with Gasteiger partial charge in [0.25, 0.3) is 11.8 Å². The highest BCUT2D eigenvalue weighted by Gasteiger charge is 2.44. The normalized spacial score (nSPS) is 18.2. The number of likely N-dealkylation sites (tertiary alicyclic amines) is 2. The molecule has 4 atom stereocenters.